The Morgan fingerprint density at radius 2 is 2.00 bits per heavy atom. The maximum absolute atomic E-state index is 11.9. The summed E-state index contributed by atoms with van der Waals surface area (Å²) in [6.45, 7) is 5.66. The van der Waals surface area contributed by atoms with Crippen molar-refractivity contribution in [2.24, 2.45) is 11.1 Å². The number of anilines is 1. The van der Waals surface area contributed by atoms with Gasteiger partial charge in [-0.15, -0.1) is 12.4 Å². The van der Waals surface area contributed by atoms with Crippen LogP contribution < -0.4 is 11.1 Å². The zero-order valence-corrected chi connectivity index (χ0v) is 12.9. The van der Waals surface area contributed by atoms with E-state index in [9.17, 15) is 9.90 Å². The predicted octanol–water partition coefficient (Wildman–Crippen LogP) is 2.89. The molecule has 0 aromatic heterocycles. The number of hydrogen-bond donors (Lipinski definition) is 3. The maximum atomic E-state index is 11.9. The zero-order valence-electron chi connectivity index (χ0n) is 10.5. The molecule has 102 valence electrons. The van der Waals surface area contributed by atoms with Gasteiger partial charge < -0.3 is 16.2 Å². The molecule has 0 saturated heterocycles. The van der Waals surface area contributed by atoms with Gasteiger partial charge in [0.25, 0.3) is 0 Å². The Balaban J connectivity index is 0.00000289. The Morgan fingerprint density at radius 1 is 1.44 bits per heavy atom. The van der Waals surface area contributed by atoms with Crippen molar-refractivity contribution in [3.8, 4) is 5.75 Å². The highest BCUT2D eigenvalue weighted by atomic mass is 79.9. The number of carbonyl (C=O) groups is 1. The Morgan fingerprint density at radius 3 is 2.50 bits per heavy atom. The number of aromatic hydroxyl groups is 1. The highest BCUT2D eigenvalue weighted by molar-refractivity contribution is 9.10. The molecule has 1 aromatic carbocycles. The van der Waals surface area contributed by atoms with Crippen LogP contribution in [0, 0.1) is 5.41 Å². The molecule has 1 aromatic rings. The van der Waals surface area contributed by atoms with Gasteiger partial charge in [-0.05, 0) is 23.6 Å². The molecule has 1 amide bonds. The molecule has 1 atom stereocenters. The van der Waals surface area contributed by atoms with E-state index in [2.05, 4.69) is 21.2 Å². The molecule has 0 fully saturated rings. The van der Waals surface area contributed by atoms with Gasteiger partial charge in [-0.25, -0.2) is 0 Å². The van der Waals surface area contributed by atoms with Crippen LogP contribution in [-0.4, -0.2) is 17.1 Å². The summed E-state index contributed by atoms with van der Waals surface area (Å²) in [5, 5.41) is 12.2. The third-order valence-electron chi connectivity index (χ3n) is 2.43. The zero-order chi connectivity index (χ0) is 13.2. The van der Waals surface area contributed by atoms with Gasteiger partial charge in [0, 0.05) is 4.47 Å². The lowest BCUT2D eigenvalue weighted by atomic mass is 9.87. The van der Waals surface area contributed by atoms with E-state index in [4.69, 9.17) is 5.73 Å². The molecular weight excluding hydrogens is 320 g/mol. The molecule has 4 N–H and O–H groups in total. The van der Waals surface area contributed by atoms with Gasteiger partial charge in [0.1, 0.15) is 5.75 Å². The summed E-state index contributed by atoms with van der Waals surface area (Å²) in [7, 11) is 0. The van der Waals surface area contributed by atoms with Crippen molar-refractivity contribution < 1.29 is 9.90 Å². The minimum Gasteiger partial charge on any atom is -0.506 e. The van der Waals surface area contributed by atoms with E-state index in [1.54, 1.807) is 12.1 Å². The first-order valence-electron chi connectivity index (χ1n) is 5.27. The van der Waals surface area contributed by atoms with Crippen LogP contribution in [0.1, 0.15) is 20.8 Å². The smallest absolute Gasteiger partial charge is 0.241 e. The molecular formula is C12H18BrClN2O2. The van der Waals surface area contributed by atoms with E-state index in [0.29, 0.717) is 5.69 Å². The van der Waals surface area contributed by atoms with Gasteiger partial charge in [-0.1, -0.05) is 36.7 Å². The topological polar surface area (TPSA) is 75.4 Å². The summed E-state index contributed by atoms with van der Waals surface area (Å²) in [5.41, 5.74) is 5.85. The van der Waals surface area contributed by atoms with E-state index in [-0.39, 0.29) is 29.5 Å². The molecule has 0 bridgehead atoms. The number of phenols is 1. The number of nitrogens with one attached hydrogen (secondary N) is 1. The van der Waals surface area contributed by atoms with Crippen molar-refractivity contribution in [3.05, 3.63) is 22.7 Å². The van der Waals surface area contributed by atoms with Gasteiger partial charge >= 0.3 is 0 Å². The molecule has 4 nitrogen and oxygen atoms in total. The highest BCUT2D eigenvalue weighted by Crippen LogP contribution is 2.27. The second kappa shape index (κ2) is 6.41. The highest BCUT2D eigenvalue weighted by Gasteiger charge is 2.27. The van der Waals surface area contributed by atoms with Crippen LogP contribution in [-0.2, 0) is 4.79 Å². The quantitative estimate of drug-likeness (QED) is 0.726. The average molecular weight is 338 g/mol. The number of amides is 1. The summed E-state index contributed by atoms with van der Waals surface area (Å²) < 4.78 is 0.773. The average Bonchev–Trinajstić information content (AvgIpc) is 2.21. The summed E-state index contributed by atoms with van der Waals surface area (Å²) >= 11 is 3.27. The Labute approximate surface area is 121 Å². The van der Waals surface area contributed by atoms with Crippen LogP contribution in [0.4, 0.5) is 5.69 Å². The summed E-state index contributed by atoms with van der Waals surface area (Å²) in [4.78, 5) is 11.9. The van der Waals surface area contributed by atoms with Crippen molar-refractivity contribution in [3.63, 3.8) is 0 Å². The fraction of sp³-hybridized carbons (Fsp3) is 0.417. The largest absolute Gasteiger partial charge is 0.506 e. The van der Waals surface area contributed by atoms with E-state index in [1.165, 1.54) is 6.07 Å². The molecule has 0 saturated carbocycles. The molecule has 0 heterocycles. The van der Waals surface area contributed by atoms with Crippen molar-refractivity contribution in [1.82, 2.24) is 0 Å². The number of nitrogens with two attached hydrogens (primary N) is 1. The molecule has 0 aliphatic carbocycles. The minimum atomic E-state index is -0.638. The van der Waals surface area contributed by atoms with Crippen LogP contribution in [0.5, 0.6) is 5.75 Å². The van der Waals surface area contributed by atoms with Gasteiger partial charge in [0.15, 0.2) is 0 Å². The second-order valence-electron chi connectivity index (χ2n) is 4.99. The summed E-state index contributed by atoms with van der Waals surface area (Å²) in [6.07, 6.45) is 0. The van der Waals surface area contributed by atoms with Gasteiger partial charge in [-0.3, -0.25) is 4.79 Å². The van der Waals surface area contributed by atoms with E-state index in [1.807, 2.05) is 20.8 Å². The molecule has 6 heteroatoms. The SMILES string of the molecule is CC(C)(C)[C@H](N)C(=O)Nc1cc(Br)ccc1O.Cl. The van der Waals surface area contributed by atoms with E-state index >= 15 is 0 Å². The molecule has 0 radical (unpaired) electrons. The Kier molecular flexibility index (Phi) is 6.13. The monoisotopic (exact) mass is 336 g/mol. The maximum Gasteiger partial charge on any atom is 0.241 e. The summed E-state index contributed by atoms with van der Waals surface area (Å²) in [5.74, 6) is -0.298. The molecule has 1 rings (SSSR count). The van der Waals surface area contributed by atoms with Gasteiger partial charge in [0.2, 0.25) is 5.91 Å². The number of carbonyl (C=O) groups excluding carboxylic acids is 1. The standard InChI is InChI=1S/C12H17BrN2O2.ClH/c1-12(2,3)10(14)11(17)15-8-6-7(13)4-5-9(8)16;/h4-6,10,16H,14H2,1-3H3,(H,15,17);1H/t10-;/m1./s1. The van der Waals surface area contributed by atoms with Crippen molar-refractivity contribution in [2.45, 2.75) is 26.8 Å². The number of hydrogen-bond acceptors (Lipinski definition) is 3. The van der Waals surface area contributed by atoms with Gasteiger partial charge in [-0.2, -0.15) is 0 Å². The van der Waals surface area contributed by atoms with Gasteiger partial charge in [0.05, 0.1) is 11.7 Å². The number of phenolic OH excluding ortho intramolecular Hbond substituents is 1. The molecule has 0 aliphatic rings. The number of halogens is 2. The lowest BCUT2D eigenvalue weighted by Gasteiger charge is -2.25. The first-order valence-corrected chi connectivity index (χ1v) is 6.06. The van der Waals surface area contributed by atoms with E-state index in [0.717, 1.165) is 4.47 Å². The summed E-state index contributed by atoms with van der Waals surface area (Å²) in [6, 6.07) is 4.18. The van der Waals surface area contributed by atoms with Crippen molar-refractivity contribution in [2.75, 3.05) is 5.32 Å². The Hall–Kier alpha value is -0.780. The first kappa shape index (κ1) is 17.2. The van der Waals surface area contributed by atoms with Crippen LogP contribution in [0.2, 0.25) is 0 Å². The third-order valence-corrected chi connectivity index (χ3v) is 2.93. The minimum absolute atomic E-state index is 0. The lowest BCUT2D eigenvalue weighted by molar-refractivity contribution is -0.119. The predicted molar refractivity (Wildman–Crippen MR) is 79.1 cm³/mol. The van der Waals surface area contributed by atoms with Crippen LogP contribution >= 0.6 is 28.3 Å². The molecule has 0 spiro atoms. The fourth-order valence-electron chi connectivity index (χ4n) is 1.21. The van der Waals surface area contributed by atoms with Crippen LogP contribution in [0.3, 0.4) is 0 Å². The second-order valence-corrected chi connectivity index (χ2v) is 5.91. The molecule has 18 heavy (non-hydrogen) atoms. The molecule has 0 unspecified atom stereocenters. The van der Waals surface area contributed by atoms with E-state index < -0.39 is 6.04 Å². The Bertz CT molecular complexity index is 433. The normalized spacial score (nSPS) is 12.5. The van der Waals surface area contributed by atoms with Crippen LogP contribution in [0.15, 0.2) is 22.7 Å². The lowest BCUT2D eigenvalue weighted by Crippen LogP contribution is -2.45. The third kappa shape index (κ3) is 4.48. The molecule has 0 aliphatic heterocycles. The van der Waals surface area contributed by atoms with Crippen molar-refractivity contribution in [1.29, 1.82) is 0 Å². The van der Waals surface area contributed by atoms with Crippen molar-refractivity contribution >= 4 is 39.9 Å². The number of benzene rings is 1. The number of rotatable bonds is 2. The van der Waals surface area contributed by atoms with Crippen LogP contribution in [0.25, 0.3) is 0 Å². The first-order chi connectivity index (χ1) is 7.71. The fourth-order valence-corrected chi connectivity index (χ4v) is 1.57.